The highest BCUT2D eigenvalue weighted by Crippen LogP contribution is 2.00. The van der Waals surface area contributed by atoms with Crippen LogP contribution in [0.25, 0.3) is 0 Å². The first-order valence-electron chi connectivity index (χ1n) is 4.75. The third-order valence-electron chi connectivity index (χ3n) is 2.03. The number of amides is 1. The largest absolute Gasteiger partial charge is 0.475 e. The Kier molecular flexibility index (Phi) is 2.75. The number of aliphatic carboxylic acids is 1. The number of ketones is 1. The fourth-order valence-corrected chi connectivity index (χ4v) is 1.25. The maximum absolute atomic E-state index is 11.5. The Morgan fingerprint density at radius 2 is 1.95 bits per heavy atom. The number of nitrogen functional groups attached to an aromatic ring is 1. The summed E-state index contributed by atoms with van der Waals surface area (Å²) < 4.78 is 0. The second-order valence-electron chi connectivity index (χ2n) is 3.35. The second-order valence-corrected chi connectivity index (χ2v) is 3.35. The van der Waals surface area contributed by atoms with Crippen LogP contribution in [-0.2, 0) is 14.4 Å². The number of carboxylic acids is 1. The second kappa shape index (κ2) is 4.25. The number of hydrogen-bond donors (Lipinski definition) is 3. The molecule has 0 aromatic carbocycles. The topological polar surface area (TPSA) is 168 Å². The predicted molar refractivity (Wildman–Crippen MR) is 57.3 cm³/mol. The molecule has 10 heteroatoms. The van der Waals surface area contributed by atoms with Gasteiger partial charge >= 0.3 is 5.97 Å². The molecule has 0 aliphatic carbocycles. The lowest BCUT2D eigenvalue weighted by molar-refractivity contribution is -0.146. The third-order valence-corrected chi connectivity index (χ3v) is 2.03. The number of aromatic amines is 1. The molecule has 1 aromatic heterocycles. The Hall–Kier alpha value is -3.17. The molecule has 1 amide bonds. The van der Waals surface area contributed by atoms with Crippen LogP contribution in [0.15, 0.2) is 26.6 Å². The first-order chi connectivity index (χ1) is 8.88. The van der Waals surface area contributed by atoms with E-state index in [4.69, 9.17) is 10.8 Å². The maximum atomic E-state index is 11.5. The van der Waals surface area contributed by atoms with Gasteiger partial charge in [0, 0.05) is 6.08 Å². The molecular weight excluding hydrogens is 258 g/mol. The van der Waals surface area contributed by atoms with Crippen molar-refractivity contribution in [3.63, 3.8) is 0 Å². The molecule has 0 fully saturated rings. The summed E-state index contributed by atoms with van der Waals surface area (Å²) in [6.45, 7) is 0. The Bertz CT molecular complexity index is 818. The highest BCUT2D eigenvalue weighted by Gasteiger charge is 2.18. The number of H-pyrrole nitrogens is 1. The Morgan fingerprint density at radius 1 is 1.26 bits per heavy atom. The van der Waals surface area contributed by atoms with E-state index in [2.05, 4.69) is 20.0 Å². The molecule has 19 heavy (non-hydrogen) atoms. The van der Waals surface area contributed by atoms with Gasteiger partial charge in [0.25, 0.3) is 17.2 Å². The van der Waals surface area contributed by atoms with E-state index >= 15 is 0 Å². The molecule has 0 saturated carbocycles. The van der Waals surface area contributed by atoms with Crippen LogP contribution in [0.3, 0.4) is 0 Å². The molecule has 0 bridgehead atoms. The Labute approximate surface area is 103 Å². The molecule has 2 heterocycles. The standard InChI is InChI=1S/C9H5N5O5/c10-9-13-5-4(7(17)14-9)12-6(16)2(11-5)1-3(15)8(18)19/h1H,(H,18,19)(H3,10,11,13,14,17)/b2-1+. The summed E-state index contributed by atoms with van der Waals surface area (Å²) in [5.41, 5.74) is 3.73. The molecule has 4 N–H and O–H groups in total. The van der Waals surface area contributed by atoms with E-state index in [-0.39, 0.29) is 16.8 Å². The molecule has 0 unspecified atom stereocenters. The van der Waals surface area contributed by atoms with Crippen molar-refractivity contribution in [2.24, 2.45) is 9.98 Å². The number of carboxylic acid groups (broad SMARTS) is 1. The average molecular weight is 263 g/mol. The average Bonchev–Trinajstić information content (AvgIpc) is 2.31. The number of anilines is 1. The Morgan fingerprint density at radius 3 is 2.58 bits per heavy atom. The van der Waals surface area contributed by atoms with Crippen molar-refractivity contribution in [1.29, 1.82) is 0 Å². The molecule has 0 atom stereocenters. The van der Waals surface area contributed by atoms with Gasteiger partial charge in [0.05, 0.1) is 0 Å². The third kappa shape index (κ3) is 2.26. The van der Waals surface area contributed by atoms with Crippen LogP contribution in [-0.4, -0.2) is 32.7 Å². The van der Waals surface area contributed by atoms with Gasteiger partial charge in [-0.05, 0) is 0 Å². The van der Waals surface area contributed by atoms with Gasteiger partial charge in [0.15, 0.2) is 10.8 Å². The molecule has 96 valence electrons. The highest BCUT2D eigenvalue weighted by molar-refractivity contribution is 6.38. The molecule has 2 rings (SSSR count). The van der Waals surface area contributed by atoms with E-state index in [9.17, 15) is 19.2 Å². The highest BCUT2D eigenvalue weighted by atomic mass is 16.4. The molecule has 0 saturated heterocycles. The number of nitrogens with zero attached hydrogens (tertiary/aromatic N) is 3. The minimum Gasteiger partial charge on any atom is -0.475 e. The van der Waals surface area contributed by atoms with E-state index in [0.717, 1.165) is 0 Å². The van der Waals surface area contributed by atoms with Crippen molar-refractivity contribution in [2.45, 2.75) is 0 Å². The van der Waals surface area contributed by atoms with Crippen LogP contribution in [0, 0.1) is 0 Å². The SMILES string of the molecule is Nc1nc2c(c(=O)[nH]1)=NC(=O)/C(=C\C(=O)C(=O)O)N=2. The molecular formula is C9H5N5O5. The summed E-state index contributed by atoms with van der Waals surface area (Å²) in [5.74, 6) is -4.36. The number of fused-ring (bicyclic) bond motifs is 1. The van der Waals surface area contributed by atoms with Gasteiger partial charge in [-0.1, -0.05) is 0 Å². The lowest BCUT2D eigenvalue weighted by atomic mass is 10.3. The number of rotatable bonds is 2. The minimum absolute atomic E-state index is 0.249. The lowest BCUT2D eigenvalue weighted by Crippen LogP contribution is -2.46. The molecule has 1 aliphatic heterocycles. The summed E-state index contributed by atoms with van der Waals surface area (Å²) in [5, 5.41) is 8.07. The van der Waals surface area contributed by atoms with Crippen LogP contribution in [0.2, 0.25) is 0 Å². The smallest absolute Gasteiger partial charge is 0.376 e. The van der Waals surface area contributed by atoms with E-state index in [1.807, 2.05) is 0 Å². The maximum Gasteiger partial charge on any atom is 0.376 e. The van der Waals surface area contributed by atoms with Crippen LogP contribution in [0.5, 0.6) is 0 Å². The predicted octanol–water partition coefficient (Wildman–Crippen LogP) is -3.33. The Balaban J connectivity index is 2.69. The monoisotopic (exact) mass is 263 g/mol. The molecule has 0 spiro atoms. The molecule has 10 nitrogen and oxygen atoms in total. The summed E-state index contributed by atoms with van der Waals surface area (Å²) in [7, 11) is 0. The van der Waals surface area contributed by atoms with Crippen molar-refractivity contribution in [1.82, 2.24) is 9.97 Å². The van der Waals surface area contributed by atoms with Gasteiger partial charge in [-0.25, -0.2) is 9.79 Å². The zero-order valence-corrected chi connectivity index (χ0v) is 9.08. The van der Waals surface area contributed by atoms with E-state index < -0.39 is 28.9 Å². The van der Waals surface area contributed by atoms with Crippen molar-refractivity contribution in [3.05, 3.63) is 33.0 Å². The normalized spacial score (nSPS) is 15.4. The molecule has 0 radical (unpaired) electrons. The number of nitrogens with two attached hydrogens (primary N) is 1. The number of nitrogens with one attached hydrogen (secondary N) is 1. The van der Waals surface area contributed by atoms with E-state index in [1.165, 1.54) is 0 Å². The number of carbonyl (C=O) groups is 3. The number of aromatic nitrogens is 2. The number of hydrogen-bond acceptors (Lipinski definition) is 7. The molecule has 1 aliphatic rings. The summed E-state index contributed by atoms with van der Waals surface area (Å²) in [6.07, 6.45) is 0.496. The van der Waals surface area contributed by atoms with Crippen LogP contribution in [0.4, 0.5) is 5.95 Å². The first-order valence-corrected chi connectivity index (χ1v) is 4.75. The van der Waals surface area contributed by atoms with Gasteiger partial charge in [-0.15, -0.1) is 0 Å². The summed E-state index contributed by atoms with van der Waals surface area (Å²) >= 11 is 0. The van der Waals surface area contributed by atoms with Crippen LogP contribution >= 0.6 is 0 Å². The fraction of sp³-hybridized carbons (Fsp3) is 0. The molecule has 1 aromatic rings. The van der Waals surface area contributed by atoms with Gasteiger partial charge in [0.2, 0.25) is 5.95 Å². The van der Waals surface area contributed by atoms with Crippen molar-refractivity contribution < 1.29 is 19.5 Å². The fourth-order valence-electron chi connectivity index (χ4n) is 1.25. The van der Waals surface area contributed by atoms with E-state index in [0.29, 0.717) is 6.08 Å². The van der Waals surface area contributed by atoms with Gasteiger partial charge < -0.3 is 10.8 Å². The number of carbonyl (C=O) groups excluding carboxylic acids is 2. The quantitative estimate of drug-likeness (QED) is 0.370. The first kappa shape index (κ1) is 12.3. The summed E-state index contributed by atoms with van der Waals surface area (Å²) in [6, 6.07) is 0. The van der Waals surface area contributed by atoms with Crippen LogP contribution < -0.4 is 22.1 Å². The van der Waals surface area contributed by atoms with Crippen molar-refractivity contribution >= 4 is 23.6 Å². The summed E-state index contributed by atoms with van der Waals surface area (Å²) in [4.78, 5) is 56.9. The minimum atomic E-state index is -1.75. The van der Waals surface area contributed by atoms with Crippen molar-refractivity contribution in [3.8, 4) is 0 Å². The van der Waals surface area contributed by atoms with Gasteiger partial charge in [0.1, 0.15) is 5.70 Å². The van der Waals surface area contributed by atoms with E-state index in [1.54, 1.807) is 0 Å². The zero-order valence-electron chi connectivity index (χ0n) is 9.08. The van der Waals surface area contributed by atoms with Crippen LogP contribution in [0.1, 0.15) is 0 Å². The van der Waals surface area contributed by atoms with Gasteiger partial charge in [-0.3, -0.25) is 19.4 Å². The van der Waals surface area contributed by atoms with Gasteiger partial charge in [-0.2, -0.15) is 9.98 Å². The zero-order chi connectivity index (χ0) is 14.2. The van der Waals surface area contributed by atoms with Crippen molar-refractivity contribution in [2.75, 3.05) is 5.73 Å². The lowest BCUT2D eigenvalue weighted by Gasteiger charge is -2.01.